The molecular formula is C16H24O4S. The van der Waals surface area contributed by atoms with Crippen LogP contribution < -0.4 is 4.74 Å². The summed E-state index contributed by atoms with van der Waals surface area (Å²) in [6.07, 6.45) is 2.32. The summed E-state index contributed by atoms with van der Waals surface area (Å²) in [7, 11) is -3.16. The lowest BCUT2D eigenvalue weighted by molar-refractivity contribution is 0.156. The van der Waals surface area contributed by atoms with Gasteiger partial charge in [0.05, 0.1) is 16.6 Å². The molecule has 2 rings (SSSR count). The van der Waals surface area contributed by atoms with Gasteiger partial charge in [0.2, 0.25) is 0 Å². The highest BCUT2D eigenvalue weighted by Gasteiger charge is 2.28. The molecule has 0 amide bonds. The van der Waals surface area contributed by atoms with Crippen molar-refractivity contribution >= 4 is 9.84 Å². The number of benzene rings is 1. The quantitative estimate of drug-likeness (QED) is 0.928. The largest absolute Gasteiger partial charge is 0.493 e. The second-order valence-corrected chi connectivity index (χ2v) is 9.41. The summed E-state index contributed by atoms with van der Waals surface area (Å²) in [5, 5.41) is 9.90. The molecule has 1 unspecified atom stereocenters. The number of rotatable bonds is 4. The first-order valence-corrected chi connectivity index (χ1v) is 9.02. The number of sulfone groups is 1. The van der Waals surface area contributed by atoms with E-state index >= 15 is 0 Å². The third-order valence-electron chi connectivity index (χ3n) is 3.95. The third-order valence-corrected chi connectivity index (χ3v) is 6.52. The van der Waals surface area contributed by atoms with Crippen LogP contribution in [0.4, 0.5) is 0 Å². The third kappa shape index (κ3) is 3.77. The highest BCUT2D eigenvalue weighted by molar-refractivity contribution is 7.92. The molecule has 118 valence electrons. The smallest absolute Gasteiger partial charge is 0.158 e. The van der Waals surface area contributed by atoms with E-state index in [0.717, 1.165) is 30.4 Å². The maximum absolute atomic E-state index is 12.0. The van der Waals surface area contributed by atoms with Gasteiger partial charge in [0.15, 0.2) is 9.84 Å². The van der Waals surface area contributed by atoms with Gasteiger partial charge in [-0.1, -0.05) is 6.07 Å². The van der Waals surface area contributed by atoms with Crippen LogP contribution in [-0.2, 0) is 16.3 Å². The summed E-state index contributed by atoms with van der Waals surface area (Å²) in [5.74, 6) is 0.683. The molecule has 0 aromatic heterocycles. The van der Waals surface area contributed by atoms with Crippen LogP contribution in [0.2, 0.25) is 0 Å². The molecule has 21 heavy (non-hydrogen) atoms. The van der Waals surface area contributed by atoms with Gasteiger partial charge >= 0.3 is 0 Å². The molecule has 5 heteroatoms. The van der Waals surface area contributed by atoms with Gasteiger partial charge in [-0.15, -0.1) is 0 Å². The SMILES string of the molecule is CC(C)(C)S(=O)(=O)CCOc1ccc2c(c1)CCCC2O. The Labute approximate surface area is 127 Å². The highest BCUT2D eigenvalue weighted by atomic mass is 32.2. The lowest BCUT2D eigenvalue weighted by atomic mass is 9.89. The minimum Gasteiger partial charge on any atom is -0.493 e. The number of hydrogen-bond donors (Lipinski definition) is 1. The minimum atomic E-state index is -3.16. The van der Waals surface area contributed by atoms with Crippen molar-refractivity contribution in [3.63, 3.8) is 0 Å². The monoisotopic (exact) mass is 312 g/mol. The first kappa shape index (κ1) is 16.3. The number of hydrogen-bond acceptors (Lipinski definition) is 4. The van der Waals surface area contributed by atoms with E-state index in [0.29, 0.717) is 5.75 Å². The molecule has 0 aliphatic heterocycles. The van der Waals surface area contributed by atoms with E-state index < -0.39 is 14.6 Å². The second-order valence-electron chi connectivity index (χ2n) is 6.55. The molecule has 4 nitrogen and oxygen atoms in total. The molecule has 0 bridgehead atoms. The Morgan fingerprint density at radius 3 is 2.71 bits per heavy atom. The van der Waals surface area contributed by atoms with Crippen LogP contribution in [0.3, 0.4) is 0 Å². The van der Waals surface area contributed by atoms with Gasteiger partial charge in [-0.25, -0.2) is 8.42 Å². The van der Waals surface area contributed by atoms with E-state index in [1.807, 2.05) is 12.1 Å². The molecule has 1 aliphatic rings. The summed E-state index contributed by atoms with van der Waals surface area (Å²) in [4.78, 5) is 0. The van der Waals surface area contributed by atoms with Crippen molar-refractivity contribution in [1.29, 1.82) is 0 Å². The van der Waals surface area contributed by atoms with E-state index in [2.05, 4.69) is 0 Å². The number of aliphatic hydroxyl groups is 1. The van der Waals surface area contributed by atoms with Crippen LogP contribution in [0.15, 0.2) is 18.2 Å². The fourth-order valence-electron chi connectivity index (χ4n) is 2.43. The van der Waals surface area contributed by atoms with Gasteiger partial charge < -0.3 is 9.84 Å². The van der Waals surface area contributed by atoms with E-state index in [4.69, 9.17) is 4.74 Å². The van der Waals surface area contributed by atoms with Crippen molar-refractivity contribution in [3.8, 4) is 5.75 Å². The van der Waals surface area contributed by atoms with Gasteiger partial charge in [0, 0.05) is 0 Å². The zero-order valence-electron chi connectivity index (χ0n) is 12.9. The molecule has 1 aromatic carbocycles. The molecule has 1 aliphatic carbocycles. The Kier molecular flexibility index (Phi) is 4.63. The fraction of sp³-hybridized carbons (Fsp3) is 0.625. The molecule has 1 aromatic rings. The van der Waals surface area contributed by atoms with E-state index in [1.165, 1.54) is 0 Å². The Hall–Kier alpha value is -1.07. The fourth-order valence-corrected chi connectivity index (χ4v) is 3.35. The van der Waals surface area contributed by atoms with Crippen LogP contribution in [-0.4, -0.2) is 30.6 Å². The molecule has 0 saturated heterocycles. The Morgan fingerprint density at radius 2 is 2.05 bits per heavy atom. The number of aliphatic hydroxyl groups excluding tert-OH is 1. The minimum absolute atomic E-state index is 0.0101. The maximum atomic E-state index is 12.0. The average molecular weight is 312 g/mol. The topological polar surface area (TPSA) is 63.6 Å². The van der Waals surface area contributed by atoms with Crippen LogP contribution in [0, 0.1) is 0 Å². The van der Waals surface area contributed by atoms with E-state index in [-0.39, 0.29) is 18.5 Å². The zero-order chi connectivity index (χ0) is 15.7. The first-order valence-electron chi connectivity index (χ1n) is 7.37. The Morgan fingerprint density at radius 1 is 1.33 bits per heavy atom. The van der Waals surface area contributed by atoms with Gasteiger partial charge in [-0.2, -0.15) is 0 Å². The summed E-state index contributed by atoms with van der Waals surface area (Å²) < 4.78 is 28.8. The zero-order valence-corrected chi connectivity index (χ0v) is 13.7. The average Bonchev–Trinajstić information content (AvgIpc) is 2.37. The number of aryl methyl sites for hydroxylation is 1. The van der Waals surface area contributed by atoms with Crippen molar-refractivity contribution in [2.75, 3.05) is 12.4 Å². The van der Waals surface area contributed by atoms with Gasteiger partial charge in [0.25, 0.3) is 0 Å². The lowest BCUT2D eigenvalue weighted by Gasteiger charge is -2.22. The number of ether oxygens (including phenoxy) is 1. The predicted octanol–water partition coefficient (Wildman–Crippen LogP) is 2.65. The lowest BCUT2D eigenvalue weighted by Crippen LogP contribution is -2.32. The molecule has 0 heterocycles. The predicted molar refractivity (Wildman–Crippen MR) is 83.4 cm³/mol. The Balaban J connectivity index is 1.99. The summed E-state index contributed by atoms with van der Waals surface area (Å²) in [5.41, 5.74) is 2.07. The normalized spacial score (nSPS) is 19.1. The second kappa shape index (κ2) is 5.97. The number of fused-ring (bicyclic) bond motifs is 1. The van der Waals surface area contributed by atoms with Crippen molar-refractivity contribution in [1.82, 2.24) is 0 Å². The summed E-state index contributed by atoms with van der Waals surface area (Å²) in [6, 6.07) is 5.60. The molecular weight excluding hydrogens is 288 g/mol. The molecule has 1 N–H and O–H groups in total. The van der Waals surface area contributed by atoms with Crippen LogP contribution in [0.5, 0.6) is 5.75 Å². The molecule has 1 atom stereocenters. The van der Waals surface area contributed by atoms with Gasteiger partial charge in [0.1, 0.15) is 12.4 Å². The van der Waals surface area contributed by atoms with Gasteiger partial charge in [-0.3, -0.25) is 0 Å². The van der Waals surface area contributed by atoms with Crippen LogP contribution in [0.1, 0.15) is 50.8 Å². The molecule has 0 saturated carbocycles. The van der Waals surface area contributed by atoms with Crippen molar-refractivity contribution in [3.05, 3.63) is 29.3 Å². The van der Waals surface area contributed by atoms with E-state index in [1.54, 1.807) is 26.8 Å². The highest BCUT2D eigenvalue weighted by Crippen LogP contribution is 2.32. The van der Waals surface area contributed by atoms with E-state index in [9.17, 15) is 13.5 Å². The van der Waals surface area contributed by atoms with Crippen LogP contribution >= 0.6 is 0 Å². The standard InChI is InChI=1S/C16H24O4S/c1-16(2,3)21(18,19)10-9-20-13-7-8-14-12(11-13)5-4-6-15(14)17/h7-8,11,15,17H,4-6,9-10H2,1-3H3. The van der Waals surface area contributed by atoms with Crippen molar-refractivity contribution < 1.29 is 18.3 Å². The van der Waals surface area contributed by atoms with Crippen LogP contribution in [0.25, 0.3) is 0 Å². The van der Waals surface area contributed by atoms with Crippen molar-refractivity contribution in [2.45, 2.75) is 50.9 Å². The first-order chi connectivity index (χ1) is 9.71. The summed E-state index contributed by atoms with van der Waals surface area (Å²) in [6.45, 7) is 5.24. The van der Waals surface area contributed by atoms with Crippen molar-refractivity contribution in [2.24, 2.45) is 0 Å². The van der Waals surface area contributed by atoms with Gasteiger partial charge in [-0.05, 0) is 63.3 Å². The molecule has 0 spiro atoms. The molecule has 0 fully saturated rings. The summed E-state index contributed by atoms with van der Waals surface area (Å²) >= 11 is 0. The maximum Gasteiger partial charge on any atom is 0.158 e. The Bertz CT molecular complexity index is 599. The molecule has 0 radical (unpaired) electrons.